The standard InChI is InChI=1S/C18H26N2O3/c1-13-6-7-15(12-21)10-16(13)20-18(23)11-19-17(22)9-8-14-4-2-3-5-14/h6-7,10,14,21H,2-5,8-9,11-12H2,1H3,(H,19,22)(H,20,23). The molecular weight excluding hydrogens is 292 g/mol. The Kier molecular flexibility index (Phi) is 6.59. The smallest absolute Gasteiger partial charge is 0.243 e. The summed E-state index contributed by atoms with van der Waals surface area (Å²) in [6, 6.07) is 5.41. The SMILES string of the molecule is Cc1ccc(CO)cc1NC(=O)CNC(=O)CCC1CCCC1. The lowest BCUT2D eigenvalue weighted by Gasteiger charge is -2.11. The fourth-order valence-corrected chi connectivity index (χ4v) is 3.00. The summed E-state index contributed by atoms with van der Waals surface area (Å²) in [7, 11) is 0. The zero-order chi connectivity index (χ0) is 16.7. The Morgan fingerprint density at radius 1 is 1.22 bits per heavy atom. The molecule has 1 fully saturated rings. The van der Waals surface area contributed by atoms with Gasteiger partial charge in [0.1, 0.15) is 0 Å². The lowest BCUT2D eigenvalue weighted by atomic mass is 10.0. The van der Waals surface area contributed by atoms with Gasteiger partial charge < -0.3 is 15.7 Å². The third-order valence-electron chi connectivity index (χ3n) is 4.46. The molecule has 0 spiro atoms. The Morgan fingerprint density at radius 2 is 1.96 bits per heavy atom. The van der Waals surface area contributed by atoms with E-state index in [-0.39, 0.29) is 25.0 Å². The number of carbonyl (C=O) groups is 2. The molecule has 23 heavy (non-hydrogen) atoms. The Labute approximate surface area is 137 Å². The van der Waals surface area contributed by atoms with Gasteiger partial charge in [0.15, 0.2) is 0 Å². The topological polar surface area (TPSA) is 78.4 Å². The van der Waals surface area contributed by atoms with E-state index >= 15 is 0 Å². The number of nitrogens with one attached hydrogen (secondary N) is 2. The molecule has 0 saturated heterocycles. The number of aliphatic hydroxyl groups excluding tert-OH is 1. The second-order valence-corrected chi connectivity index (χ2v) is 6.32. The summed E-state index contributed by atoms with van der Waals surface area (Å²) in [5.41, 5.74) is 2.33. The Hall–Kier alpha value is -1.88. The van der Waals surface area contributed by atoms with E-state index in [1.165, 1.54) is 25.7 Å². The summed E-state index contributed by atoms with van der Waals surface area (Å²) < 4.78 is 0. The van der Waals surface area contributed by atoms with Crippen LogP contribution in [0.3, 0.4) is 0 Å². The minimum Gasteiger partial charge on any atom is -0.392 e. The molecule has 5 nitrogen and oxygen atoms in total. The fraction of sp³-hybridized carbons (Fsp3) is 0.556. The first-order chi connectivity index (χ1) is 11.1. The number of benzene rings is 1. The van der Waals surface area contributed by atoms with Crippen LogP contribution >= 0.6 is 0 Å². The highest BCUT2D eigenvalue weighted by atomic mass is 16.3. The number of amides is 2. The molecule has 0 aromatic heterocycles. The first kappa shape index (κ1) is 17.5. The molecule has 1 aliphatic rings. The molecule has 0 heterocycles. The van der Waals surface area contributed by atoms with Gasteiger partial charge in [0, 0.05) is 12.1 Å². The largest absolute Gasteiger partial charge is 0.392 e. The van der Waals surface area contributed by atoms with Gasteiger partial charge in [0.2, 0.25) is 11.8 Å². The van der Waals surface area contributed by atoms with Gasteiger partial charge in [-0.1, -0.05) is 37.8 Å². The van der Waals surface area contributed by atoms with Crippen molar-refractivity contribution >= 4 is 17.5 Å². The van der Waals surface area contributed by atoms with Crippen molar-refractivity contribution in [3.63, 3.8) is 0 Å². The predicted octanol–water partition coefficient (Wildman–Crippen LogP) is 2.51. The zero-order valence-corrected chi connectivity index (χ0v) is 13.7. The van der Waals surface area contributed by atoms with Crippen molar-refractivity contribution in [2.45, 2.75) is 52.1 Å². The van der Waals surface area contributed by atoms with Crippen molar-refractivity contribution in [3.8, 4) is 0 Å². The summed E-state index contributed by atoms with van der Waals surface area (Å²) in [5, 5.41) is 14.6. The third kappa shape index (κ3) is 5.67. The van der Waals surface area contributed by atoms with Crippen LogP contribution in [0.15, 0.2) is 18.2 Å². The second-order valence-electron chi connectivity index (χ2n) is 6.32. The molecule has 1 aliphatic carbocycles. The van der Waals surface area contributed by atoms with E-state index in [0.717, 1.165) is 17.5 Å². The van der Waals surface area contributed by atoms with Crippen LogP contribution in [0.5, 0.6) is 0 Å². The van der Waals surface area contributed by atoms with E-state index in [1.807, 2.05) is 19.1 Å². The number of hydrogen-bond donors (Lipinski definition) is 3. The van der Waals surface area contributed by atoms with Crippen LogP contribution in [0.2, 0.25) is 0 Å². The molecule has 0 aliphatic heterocycles. The lowest BCUT2D eigenvalue weighted by molar-refractivity contribution is -0.124. The summed E-state index contributed by atoms with van der Waals surface area (Å²) in [5.74, 6) is 0.365. The molecule has 126 valence electrons. The van der Waals surface area contributed by atoms with Crippen LogP contribution < -0.4 is 10.6 Å². The van der Waals surface area contributed by atoms with Crippen molar-refractivity contribution in [3.05, 3.63) is 29.3 Å². The summed E-state index contributed by atoms with van der Waals surface area (Å²) in [4.78, 5) is 23.7. The average Bonchev–Trinajstić information content (AvgIpc) is 3.06. The molecule has 1 aromatic carbocycles. The van der Waals surface area contributed by atoms with E-state index in [9.17, 15) is 9.59 Å². The minimum atomic E-state index is -0.252. The van der Waals surface area contributed by atoms with Crippen LogP contribution in [-0.2, 0) is 16.2 Å². The summed E-state index contributed by atoms with van der Waals surface area (Å²) in [6.07, 6.45) is 6.44. The van der Waals surface area contributed by atoms with Gasteiger partial charge in [0.25, 0.3) is 0 Å². The van der Waals surface area contributed by atoms with Crippen LogP contribution in [0.1, 0.15) is 49.7 Å². The first-order valence-corrected chi connectivity index (χ1v) is 8.35. The second kappa shape index (κ2) is 8.67. The molecule has 3 N–H and O–H groups in total. The maximum atomic E-state index is 11.9. The van der Waals surface area contributed by atoms with Gasteiger partial charge in [-0.3, -0.25) is 9.59 Å². The Bertz CT molecular complexity index is 551. The normalized spacial score (nSPS) is 14.7. The van der Waals surface area contributed by atoms with Crippen molar-refractivity contribution in [2.24, 2.45) is 5.92 Å². The van der Waals surface area contributed by atoms with Gasteiger partial charge in [-0.15, -0.1) is 0 Å². The van der Waals surface area contributed by atoms with E-state index in [1.54, 1.807) is 6.07 Å². The highest BCUT2D eigenvalue weighted by Crippen LogP contribution is 2.28. The molecule has 0 radical (unpaired) electrons. The molecule has 1 aromatic rings. The molecule has 2 amide bonds. The van der Waals surface area contributed by atoms with Gasteiger partial charge in [-0.2, -0.15) is 0 Å². The summed E-state index contributed by atoms with van der Waals surface area (Å²) >= 11 is 0. The van der Waals surface area contributed by atoms with E-state index < -0.39 is 0 Å². The van der Waals surface area contributed by atoms with Gasteiger partial charge in [0.05, 0.1) is 13.2 Å². The Balaban J connectivity index is 1.73. The first-order valence-electron chi connectivity index (χ1n) is 8.35. The summed E-state index contributed by atoms with van der Waals surface area (Å²) in [6.45, 7) is 1.80. The van der Waals surface area contributed by atoms with Crippen LogP contribution in [-0.4, -0.2) is 23.5 Å². The number of aryl methyl sites for hydroxylation is 1. The Morgan fingerprint density at radius 3 is 2.65 bits per heavy atom. The third-order valence-corrected chi connectivity index (χ3v) is 4.46. The molecule has 5 heteroatoms. The molecule has 2 rings (SSSR count). The average molecular weight is 318 g/mol. The van der Waals surface area contributed by atoms with Gasteiger partial charge in [-0.05, 0) is 36.5 Å². The quantitative estimate of drug-likeness (QED) is 0.723. The van der Waals surface area contributed by atoms with Crippen molar-refractivity contribution < 1.29 is 14.7 Å². The maximum Gasteiger partial charge on any atom is 0.243 e. The van der Waals surface area contributed by atoms with Crippen LogP contribution in [0.4, 0.5) is 5.69 Å². The lowest BCUT2D eigenvalue weighted by Crippen LogP contribution is -2.33. The molecule has 0 atom stereocenters. The zero-order valence-electron chi connectivity index (χ0n) is 13.7. The highest BCUT2D eigenvalue weighted by molar-refractivity contribution is 5.95. The maximum absolute atomic E-state index is 11.9. The van der Waals surface area contributed by atoms with E-state index in [0.29, 0.717) is 18.0 Å². The van der Waals surface area contributed by atoms with E-state index in [4.69, 9.17) is 5.11 Å². The van der Waals surface area contributed by atoms with Crippen LogP contribution in [0, 0.1) is 12.8 Å². The highest BCUT2D eigenvalue weighted by Gasteiger charge is 2.16. The van der Waals surface area contributed by atoms with Crippen LogP contribution in [0.25, 0.3) is 0 Å². The number of hydrogen-bond acceptors (Lipinski definition) is 3. The number of carbonyl (C=O) groups excluding carboxylic acids is 2. The fourth-order valence-electron chi connectivity index (χ4n) is 3.00. The predicted molar refractivity (Wildman–Crippen MR) is 89.9 cm³/mol. The molecule has 1 saturated carbocycles. The van der Waals surface area contributed by atoms with Crippen molar-refractivity contribution in [1.29, 1.82) is 0 Å². The van der Waals surface area contributed by atoms with Gasteiger partial charge >= 0.3 is 0 Å². The molecule has 0 unspecified atom stereocenters. The molecule has 0 bridgehead atoms. The van der Waals surface area contributed by atoms with Gasteiger partial charge in [-0.25, -0.2) is 0 Å². The number of rotatable bonds is 7. The molecular formula is C18H26N2O3. The van der Waals surface area contributed by atoms with Crippen molar-refractivity contribution in [1.82, 2.24) is 5.32 Å². The minimum absolute atomic E-state index is 0.0215. The number of anilines is 1. The van der Waals surface area contributed by atoms with Crippen molar-refractivity contribution in [2.75, 3.05) is 11.9 Å². The monoisotopic (exact) mass is 318 g/mol. The van der Waals surface area contributed by atoms with E-state index in [2.05, 4.69) is 10.6 Å². The number of aliphatic hydroxyl groups is 1.